The maximum atomic E-state index is 13.0. The summed E-state index contributed by atoms with van der Waals surface area (Å²) < 4.78 is 32.9. The molecule has 0 fully saturated rings. The zero-order valence-electron chi connectivity index (χ0n) is 12.8. The molecule has 0 aliphatic carbocycles. The van der Waals surface area contributed by atoms with E-state index in [2.05, 4.69) is 15.9 Å². The molecule has 7 nitrogen and oxygen atoms in total. The van der Waals surface area contributed by atoms with Crippen LogP contribution in [-0.2, 0) is 14.8 Å². The molecule has 9 heteroatoms. The lowest BCUT2D eigenvalue weighted by molar-refractivity contribution is -0.119. The Kier molecular flexibility index (Phi) is 5.81. The first-order chi connectivity index (χ1) is 11.4. The van der Waals surface area contributed by atoms with Crippen LogP contribution >= 0.6 is 15.9 Å². The predicted octanol–water partition coefficient (Wildman–Crippen LogP) is 1.64. The predicted molar refractivity (Wildman–Crippen MR) is 94.0 cm³/mol. The topological polar surface area (TPSA) is 102 Å². The number of methoxy groups -OCH3 is 1. The molecule has 0 unspecified atom stereocenters. The van der Waals surface area contributed by atoms with Gasteiger partial charge in [0.25, 0.3) is 15.9 Å². The number of hydrazine groups is 1. The van der Waals surface area contributed by atoms with E-state index in [-0.39, 0.29) is 10.6 Å². The number of benzene rings is 2. The van der Waals surface area contributed by atoms with Crippen molar-refractivity contribution in [1.29, 1.82) is 0 Å². The highest BCUT2D eigenvalue weighted by Gasteiger charge is 2.29. The first-order valence-corrected chi connectivity index (χ1v) is 9.04. The van der Waals surface area contributed by atoms with Gasteiger partial charge in [0, 0.05) is 4.47 Å². The molecule has 2 rings (SSSR count). The van der Waals surface area contributed by atoms with Crippen LogP contribution < -0.4 is 20.3 Å². The molecule has 0 saturated carbocycles. The fourth-order valence-corrected chi connectivity index (χ4v) is 3.74. The maximum Gasteiger partial charge on any atom is 0.264 e. The zero-order valence-corrected chi connectivity index (χ0v) is 15.2. The molecule has 3 N–H and O–H groups in total. The maximum absolute atomic E-state index is 13.0. The second-order valence-corrected chi connectivity index (χ2v) is 7.48. The van der Waals surface area contributed by atoms with E-state index in [9.17, 15) is 13.2 Å². The number of ether oxygens (including phenoxy) is 1. The highest BCUT2D eigenvalue weighted by molar-refractivity contribution is 9.10. The molecule has 0 radical (unpaired) electrons. The third kappa shape index (κ3) is 3.86. The van der Waals surface area contributed by atoms with Crippen LogP contribution in [0.5, 0.6) is 5.75 Å². The minimum Gasteiger partial charge on any atom is -0.495 e. The van der Waals surface area contributed by atoms with Gasteiger partial charge in [0.05, 0.1) is 17.7 Å². The number of hydrogen-bond donors (Lipinski definition) is 2. The molecule has 0 heterocycles. The molecule has 0 spiro atoms. The quantitative estimate of drug-likeness (QED) is 0.425. The van der Waals surface area contributed by atoms with Crippen LogP contribution in [0.4, 0.5) is 5.69 Å². The summed E-state index contributed by atoms with van der Waals surface area (Å²) in [5, 5.41) is 0. The highest BCUT2D eigenvalue weighted by Crippen LogP contribution is 2.32. The third-order valence-electron chi connectivity index (χ3n) is 3.20. The Bertz CT molecular complexity index is 825. The Morgan fingerprint density at radius 1 is 1.21 bits per heavy atom. The minimum absolute atomic E-state index is 0.0430. The Morgan fingerprint density at radius 3 is 2.42 bits per heavy atom. The molecule has 128 valence electrons. The summed E-state index contributed by atoms with van der Waals surface area (Å²) in [6.45, 7) is -0.477. The lowest BCUT2D eigenvalue weighted by Gasteiger charge is -2.25. The monoisotopic (exact) mass is 413 g/mol. The van der Waals surface area contributed by atoms with E-state index in [4.69, 9.17) is 10.6 Å². The van der Waals surface area contributed by atoms with Crippen LogP contribution in [0.25, 0.3) is 0 Å². The number of carbonyl (C=O) groups excluding carboxylic acids is 1. The lowest BCUT2D eigenvalue weighted by atomic mass is 10.3. The first-order valence-electron chi connectivity index (χ1n) is 6.81. The third-order valence-corrected chi connectivity index (χ3v) is 5.51. The van der Waals surface area contributed by atoms with Gasteiger partial charge >= 0.3 is 0 Å². The van der Waals surface area contributed by atoms with Crippen molar-refractivity contribution < 1.29 is 17.9 Å². The van der Waals surface area contributed by atoms with Gasteiger partial charge in [0.2, 0.25) is 0 Å². The number of sulfonamides is 1. The molecule has 0 aromatic heterocycles. The van der Waals surface area contributed by atoms with Crippen molar-refractivity contribution in [2.75, 3.05) is 18.0 Å². The van der Waals surface area contributed by atoms with E-state index in [0.29, 0.717) is 5.75 Å². The van der Waals surface area contributed by atoms with E-state index in [0.717, 1.165) is 8.78 Å². The summed E-state index contributed by atoms with van der Waals surface area (Å²) in [7, 11) is -2.57. The van der Waals surface area contributed by atoms with E-state index in [1.807, 2.05) is 5.43 Å². The molecule has 0 aliphatic rings. The fraction of sp³-hybridized carbons (Fsp3) is 0.133. The number of anilines is 1. The standard InChI is InChI=1S/C15H16BrN3O4S/c1-23-14-5-3-2-4-13(14)19(10-15(20)18-17)24(21,22)12-8-6-11(16)7-9-12/h2-9H,10,17H2,1H3,(H,18,20). The van der Waals surface area contributed by atoms with E-state index in [1.54, 1.807) is 36.4 Å². The van der Waals surface area contributed by atoms with Gasteiger partial charge in [-0.05, 0) is 36.4 Å². The number of nitrogens with one attached hydrogen (secondary N) is 1. The van der Waals surface area contributed by atoms with Crippen LogP contribution in [0.1, 0.15) is 0 Å². The lowest BCUT2D eigenvalue weighted by Crippen LogP contribution is -2.43. The van der Waals surface area contributed by atoms with Gasteiger partial charge in [-0.1, -0.05) is 28.1 Å². The highest BCUT2D eigenvalue weighted by atomic mass is 79.9. The number of nitrogens with two attached hydrogens (primary N) is 1. The van der Waals surface area contributed by atoms with Crippen LogP contribution in [0.15, 0.2) is 57.9 Å². The number of rotatable bonds is 6. The van der Waals surface area contributed by atoms with Gasteiger partial charge in [-0.15, -0.1) is 0 Å². The molecule has 24 heavy (non-hydrogen) atoms. The summed E-state index contributed by atoms with van der Waals surface area (Å²) in [5.41, 5.74) is 2.18. The second kappa shape index (κ2) is 7.65. The molecular formula is C15H16BrN3O4S. The molecule has 1 amide bonds. The molecule has 2 aromatic rings. The number of hydrogen-bond acceptors (Lipinski definition) is 5. The SMILES string of the molecule is COc1ccccc1N(CC(=O)NN)S(=O)(=O)c1ccc(Br)cc1. The number of halogens is 1. The van der Waals surface area contributed by atoms with Crippen molar-refractivity contribution in [2.24, 2.45) is 5.84 Å². The fourth-order valence-electron chi connectivity index (χ4n) is 2.05. The summed E-state index contributed by atoms with van der Waals surface area (Å²) in [5.74, 6) is 4.78. The van der Waals surface area contributed by atoms with Gasteiger partial charge < -0.3 is 4.74 Å². The Labute approximate surface area is 148 Å². The molecule has 0 aliphatic heterocycles. The van der Waals surface area contributed by atoms with Crippen LogP contribution in [0, 0.1) is 0 Å². The molecule has 0 bridgehead atoms. The largest absolute Gasteiger partial charge is 0.495 e. The summed E-state index contributed by atoms with van der Waals surface area (Å²) in [4.78, 5) is 11.8. The van der Waals surface area contributed by atoms with Crippen molar-refractivity contribution in [2.45, 2.75) is 4.90 Å². The average Bonchev–Trinajstić information content (AvgIpc) is 2.59. The molecular weight excluding hydrogens is 398 g/mol. The normalized spacial score (nSPS) is 11.0. The number of carbonyl (C=O) groups is 1. The van der Waals surface area contributed by atoms with Crippen molar-refractivity contribution in [3.63, 3.8) is 0 Å². The first kappa shape index (κ1) is 18.2. The van der Waals surface area contributed by atoms with Gasteiger partial charge in [0.15, 0.2) is 0 Å². The molecule has 2 aromatic carbocycles. The summed E-state index contributed by atoms with van der Waals surface area (Å²) in [6.07, 6.45) is 0. The second-order valence-electron chi connectivity index (χ2n) is 4.70. The van der Waals surface area contributed by atoms with E-state index < -0.39 is 22.5 Å². The van der Waals surface area contributed by atoms with Crippen molar-refractivity contribution in [3.05, 3.63) is 53.0 Å². The Morgan fingerprint density at radius 2 is 1.83 bits per heavy atom. The van der Waals surface area contributed by atoms with Crippen LogP contribution in [-0.4, -0.2) is 28.0 Å². The van der Waals surface area contributed by atoms with E-state index in [1.165, 1.54) is 19.2 Å². The Hall–Kier alpha value is -2.10. The number of amides is 1. The average molecular weight is 414 g/mol. The van der Waals surface area contributed by atoms with Crippen LogP contribution in [0.2, 0.25) is 0 Å². The molecule has 0 saturated heterocycles. The van der Waals surface area contributed by atoms with Crippen molar-refractivity contribution in [1.82, 2.24) is 5.43 Å². The van der Waals surface area contributed by atoms with Crippen molar-refractivity contribution in [3.8, 4) is 5.75 Å². The van der Waals surface area contributed by atoms with Gasteiger partial charge in [-0.25, -0.2) is 14.3 Å². The molecule has 0 atom stereocenters. The summed E-state index contributed by atoms with van der Waals surface area (Å²) >= 11 is 3.26. The van der Waals surface area contributed by atoms with Gasteiger partial charge in [-0.2, -0.15) is 0 Å². The van der Waals surface area contributed by atoms with E-state index >= 15 is 0 Å². The zero-order chi connectivity index (χ0) is 17.7. The number of nitrogens with zero attached hydrogens (tertiary/aromatic N) is 1. The summed E-state index contributed by atoms with van der Waals surface area (Å²) in [6, 6.07) is 12.6. The Balaban J connectivity index is 2.57. The van der Waals surface area contributed by atoms with Gasteiger partial charge in [-0.3, -0.25) is 14.5 Å². The van der Waals surface area contributed by atoms with Gasteiger partial charge in [0.1, 0.15) is 12.3 Å². The number of para-hydroxylation sites is 2. The van der Waals surface area contributed by atoms with Crippen LogP contribution in [0.3, 0.4) is 0 Å². The van der Waals surface area contributed by atoms with Crippen molar-refractivity contribution >= 4 is 37.5 Å². The smallest absolute Gasteiger partial charge is 0.264 e. The minimum atomic E-state index is -3.99.